The van der Waals surface area contributed by atoms with Crippen LogP contribution in [0.1, 0.15) is 18.7 Å². The van der Waals surface area contributed by atoms with Gasteiger partial charge < -0.3 is 20.5 Å². The van der Waals surface area contributed by atoms with Crippen molar-refractivity contribution in [3.63, 3.8) is 0 Å². The first-order valence-corrected chi connectivity index (χ1v) is 9.46. The van der Waals surface area contributed by atoms with E-state index in [0.717, 1.165) is 35.4 Å². The molecular formula is C21H23N5O2. The van der Waals surface area contributed by atoms with Crippen LogP contribution in [0.5, 0.6) is 0 Å². The number of urea groups is 1. The second kappa shape index (κ2) is 7.72. The molecule has 4 rings (SSSR count). The van der Waals surface area contributed by atoms with Gasteiger partial charge in [0.1, 0.15) is 5.82 Å². The summed E-state index contributed by atoms with van der Waals surface area (Å²) in [6, 6.07) is 14.6. The Morgan fingerprint density at radius 2 is 1.82 bits per heavy atom. The Hall–Kier alpha value is -3.35. The number of carbonyl (C=O) groups excluding carboxylic acids is 2. The van der Waals surface area contributed by atoms with Crippen LogP contribution in [0.15, 0.2) is 48.5 Å². The zero-order chi connectivity index (χ0) is 19.5. The lowest BCUT2D eigenvalue weighted by atomic mass is 10.2. The van der Waals surface area contributed by atoms with E-state index in [1.54, 1.807) is 0 Å². The molecule has 0 spiro atoms. The summed E-state index contributed by atoms with van der Waals surface area (Å²) >= 11 is 0. The van der Waals surface area contributed by atoms with Crippen LogP contribution >= 0.6 is 0 Å². The van der Waals surface area contributed by atoms with Gasteiger partial charge in [0.05, 0.1) is 11.0 Å². The fourth-order valence-electron chi connectivity index (χ4n) is 3.15. The normalized spacial score (nSPS) is 13.3. The zero-order valence-corrected chi connectivity index (χ0v) is 15.7. The molecule has 28 heavy (non-hydrogen) atoms. The first kappa shape index (κ1) is 18.0. The number of rotatable bonds is 6. The molecule has 0 atom stereocenters. The zero-order valence-electron chi connectivity index (χ0n) is 15.7. The maximum absolute atomic E-state index is 12.2. The van der Waals surface area contributed by atoms with Crippen molar-refractivity contribution in [2.24, 2.45) is 13.0 Å². The van der Waals surface area contributed by atoms with E-state index < -0.39 is 0 Å². The van der Waals surface area contributed by atoms with Gasteiger partial charge in [0.25, 0.3) is 0 Å². The highest BCUT2D eigenvalue weighted by Crippen LogP contribution is 2.28. The van der Waals surface area contributed by atoms with Crippen molar-refractivity contribution in [2.75, 3.05) is 17.2 Å². The van der Waals surface area contributed by atoms with Crippen molar-refractivity contribution in [1.29, 1.82) is 0 Å². The number of benzene rings is 2. The summed E-state index contributed by atoms with van der Waals surface area (Å²) in [4.78, 5) is 28.6. The van der Waals surface area contributed by atoms with Gasteiger partial charge in [-0.25, -0.2) is 9.78 Å². The third-order valence-electron chi connectivity index (χ3n) is 4.86. The monoisotopic (exact) mass is 377 g/mol. The lowest BCUT2D eigenvalue weighted by molar-refractivity contribution is -0.122. The highest BCUT2D eigenvalue weighted by atomic mass is 16.2. The molecule has 0 radical (unpaired) electrons. The van der Waals surface area contributed by atoms with Crippen LogP contribution < -0.4 is 16.0 Å². The first-order chi connectivity index (χ1) is 13.6. The van der Waals surface area contributed by atoms with Crippen molar-refractivity contribution in [3.8, 4) is 0 Å². The molecule has 7 nitrogen and oxygen atoms in total. The Kier molecular flexibility index (Phi) is 4.97. The van der Waals surface area contributed by atoms with Crippen LogP contribution in [0, 0.1) is 5.92 Å². The summed E-state index contributed by atoms with van der Waals surface area (Å²) in [5, 5.41) is 8.59. The molecule has 2 aromatic carbocycles. The summed E-state index contributed by atoms with van der Waals surface area (Å²) in [5.41, 5.74) is 3.20. The van der Waals surface area contributed by atoms with Crippen molar-refractivity contribution < 1.29 is 9.59 Å². The SMILES string of the molecule is Cn1c(CCNC(=O)C2CC2)nc2cc(NC(=O)Nc3ccccc3)ccc21. The van der Waals surface area contributed by atoms with E-state index in [2.05, 4.69) is 20.9 Å². The van der Waals surface area contributed by atoms with Gasteiger partial charge in [-0.05, 0) is 43.2 Å². The molecule has 1 fully saturated rings. The molecular weight excluding hydrogens is 354 g/mol. The van der Waals surface area contributed by atoms with Crippen molar-refractivity contribution in [1.82, 2.24) is 14.9 Å². The van der Waals surface area contributed by atoms with E-state index >= 15 is 0 Å². The maximum Gasteiger partial charge on any atom is 0.323 e. The number of carbonyl (C=O) groups is 2. The van der Waals surface area contributed by atoms with Crippen LogP contribution in [0.4, 0.5) is 16.2 Å². The van der Waals surface area contributed by atoms with Gasteiger partial charge in [-0.1, -0.05) is 18.2 Å². The Labute approximate surface area is 163 Å². The van der Waals surface area contributed by atoms with Gasteiger partial charge in [-0.3, -0.25) is 4.79 Å². The molecule has 1 aliphatic rings. The number of imidazole rings is 1. The molecule has 0 bridgehead atoms. The average molecular weight is 377 g/mol. The van der Waals surface area contributed by atoms with Crippen LogP contribution in [0.25, 0.3) is 11.0 Å². The summed E-state index contributed by atoms with van der Waals surface area (Å²) in [7, 11) is 1.96. The highest BCUT2D eigenvalue weighted by molar-refractivity contribution is 6.00. The molecule has 1 saturated carbocycles. The second-order valence-corrected chi connectivity index (χ2v) is 7.05. The van der Waals surface area contributed by atoms with Crippen LogP contribution in [0.2, 0.25) is 0 Å². The fourth-order valence-corrected chi connectivity index (χ4v) is 3.15. The Balaban J connectivity index is 1.40. The fraction of sp³-hybridized carbons (Fsp3) is 0.286. The molecule has 1 aromatic heterocycles. The Bertz CT molecular complexity index is 1010. The number of nitrogens with zero attached hydrogens (tertiary/aromatic N) is 2. The molecule has 0 saturated heterocycles. The maximum atomic E-state index is 12.2. The number of para-hydroxylation sites is 1. The van der Waals surface area contributed by atoms with Gasteiger partial charge in [0, 0.05) is 37.3 Å². The molecule has 3 N–H and O–H groups in total. The third kappa shape index (κ3) is 4.14. The smallest absolute Gasteiger partial charge is 0.323 e. The number of aromatic nitrogens is 2. The number of fused-ring (bicyclic) bond motifs is 1. The molecule has 0 unspecified atom stereocenters. The average Bonchev–Trinajstić information content (AvgIpc) is 3.48. The summed E-state index contributed by atoms with van der Waals surface area (Å²) in [6.45, 7) is 0.580. The highest BCUT2D eigenvalue weighted by Gasteiger charge is 2.29. The van der Waals surface area contributed by atoms with Gasteiger partial charge in [-0.15, -0.1) is 0 Å². The van der Waals surface area contributed by atoms with Crippen LogP contribution in [-0.2, 0) is 18.3 Å². The first-order valence-electron chi connectivity index (χ1n) is 9.46. The Morgan fingerprint density at radius 1 is 1.07 bits per heavy atom. The van der Waals surface area contributed by atoms with E-state index in [1.807, 2.05) is 60.1 Å². The van der Waals surface area contributed by atoms with Crippen LogP contribution in [-0.4, -0.2) is 28.0 Å². The van der Waals surface area contributed by atoms with Crippen molar-refractivity contribution in [2.45, 2.75) is 19.3 Å². The quantitative estimate of drug-likeness (QED) is 0.616. The minimum absolute atomic E-state index is 0.148. The molecule has 1 heterocycles. The predicted octanol–water partition coefficient (Wildman–Crippen LogP) is 3.29. The number of hydrogen-bond donors (Lipinski definition) is 3. The standard InChI is InChI=1S/C21H23N5O2/c1-26-18-10-9-16(24-21(28)23-15-5-3-2-4-6-15)13-17(18)25-19(26)11-12-22-20(27)14-7-8-14/h2-6,9-10,13-14H,7-8,11-12H2,1H3,(H,22,27)(H2,23,24,28). The van der Waals surface area contributed by atoms with Gasteiger partial charge in [0.15, 0.2) is 0 Å². The second-order valence-electron chi connectivity index (χ2n) is 7.05. The largest absolute Gasteiger partial charge is 0.355 e. The molecule has 3 amide bonds. The predicted molar refractivity (Wildman–Crippen MR) is 109 cm³/mol. The molecule has 144 valence electrons. The van der Waals surface area contributed by atoms with E-state index in [1.165, 1.54) is 0 Å². The lowest BCUT2D eigenvalue weighted by Gasteiger charge is -2.07. The minimum Gasteiger partial charge on any atom is -0.355 e. The number of hydrogen-bond acceptors (Lipinski definition) is 3. The van der Waals surface area contributed by atoms with E-state index in [-0.39, 0.29) is 17.9 Å². The van der Waals surface area contributed by atoms with Crippen molar-refractivity contribution >= 4 is 34.3 Å². The van der Waals surface area contributed by atoms with Gasteiger partial charge >= 0.3 is 6.03 Å². The van der Waals surface area contributed by atoms with Gasteiger partial charge in [0.2, 0.25) is 5.91 Å². The molecule has 1 aliphatic carbocycles. The molecule has 0 aliphatic heterocycles. The number of anilines is 2. The molecule has 7 heteroatoms. The summed E-state index contributed by atoms with van der Waals surface area (Å²) in [6.07, 6.45) is 2.68. The van der Waals surface area contributed by atoms with Gasteiger partial charge in [-0.2, -0.15) is 0 Å². The number of aryl methyl sites for hydroxylation is 1. The Morgan fingerprint density at radius 3 is 2.57 bits per heavy atom. The van der Waals surface area contributed by atoms with Crippen molar-refractivity contribution in [3.05, 3.63) is 54.4 Å². The van der Waals surface area contributed by atoms with E-state index in [9.17, 15) is 9.59 Å². The lowest BCUT2D eigenvalue weighted by Crippen LogP contribution is -2.27. The summed E-state index contributed by atoms with van der Waals surface area (Å²) < 4.78 is 2.02. The van der Waals surface area contributed by atoms with E-state index in [4.69, 9.17) is 0 Å². The number of nitrogens with one attached hydrogen (secondary N) is 3. The topological polar surface area (TPSA) is 88.1 Å². The van der Waals surface area contributed by atoms with Crippen LogP contribution in [0.3, 0.4) is 0 Å². The minimum atomic E-state index is -0.301. The number of amides is 3. The third-order valence-corrected chi connectivity index (χ3v) is 4.86. The van der Waals surface area contributed by atoms with E-state index in [0.29, 0.717) is 18.7 Å². The summed E-state index contributed by atoms with van der Waals surface area (Å²) in [5.74, 6) is 1.27. The molecule has 3 aromatic rings.